The number of nitriles is 1. The van der Waals surface area contributed by atoms with Gasteiger partial charge in [-0.3, -0.25) is 4.68 Å². The molecular formula is C10H14N4. The van der Waals surface area contributed by atoms with Gasteiger partial charge in [0.15, 0.2) is 0 Å². The molecule has 1 fully saturated rings. The van der Waals surface area contributed by atoms with Crippen molar-refractivity contribution in [3.05, 3.63) is 12.3 Å². The Labute approximate surface area is 83.5 Å². The SMILES string of the molecule is Cn1nccc1NC1CCC(C#N)C1. The monoisotopic (exact) mass is 190 g/mol. The number of anilines is 1. The van der Waals surface area contributed by atoms with Crippen molar-refractivity contribution in [1.82, 2.24) is 9.78 Å². The first-order valence-corrected chi connectivity index (χ1v) is 4.93. The number of hydrogen-bond acceptors (Lipinski definition) is 3. The van der Waals surface area contributed by atoms with Crippen molar-refractivity contribution in [2.75, 3.05) is 5.32 Å². The van der Waals surface area contributed by atoms with E-state index in [9.17, 15) is 0 Å². The lowest BCUT2D eigenvalue weighted by atomic mass is 10.1. The molecule has 1 aliphatic carbocycles. The molecule has 1 aliphatic rings. The van der Waals surface area contributed by atoms with Crippen molar-refractivity contribution in [1.29, 1.82) is 5.26 Å². The molecule has 1 aromatic rings. The highest BCUT2D eigenvalue weighted by Crippen LogP contribution is 2.27. The molecule has 0 bridgehead atoms. The standard InChI is InChI=1S/C10H14N4/c1-14-10(4-5-12-14)13-9-3-2-8(6-9)7-11/h4-5,8-9,13H,2-3,6H2,1H3. The van der Waals surface area contributed by atoms with E-state index >= 15 is 0 Å². The number of nitrogens with zero attached hydrogens (tertiary/aromatic N) is 3. The van der Waals surface area contributed by atoms with Crippen LogP contribution in [0.25, 0.3) is 0 Å². The molecular weight excluding hydrogens is 176 g/mol. The summed E-state index contributed by atoms with van der Waals surface area (Å²) in [4.78, 5) is 0. The van der Waals surface area contributed by atoms with Gasteiger partial charge in [0.2, 0.25) is 0 Å². The topological polar surface area (TPSA) is 53.6 Å². The van der Waals surface area contributed by atoms with E-state index in [1.807, 2.05) is 17.8 Å². The molecule has 0 aliphatic heterocycles. The zero-order valence-corrected chi connectivity index (χ0v) is 8.27. The van der Waals surface area contributed by atoms with E-state index in [0.29, 0.717) is 6.04 Å². The maximum Gasteiger partial charge on any atom is 0.124 e. The average molecular weight is 190 g/mol. The van der Waals surface area contributed by atoms with Crippen LogP contribution in [0.15, 0.2) is 12.3 Å². The van der Waals surface area contributed by atoms with E-state index in [4.69, 9.17) is 5.26 Å². The summed E-state index contributed by atoms with van der Waals surface area (Å²) < 4.78 is 1.82. The Bertz CT molecular complexity index is 349. The Hall–Kier alpha value is -1.50. The summed E-state index contributed by atoms with van der Waals surface area (Å²) in [7, 11) is 1.92. The maximum atomic E-state index is 8.77. The zero-order chi connectivity index (χ0) is 9.97. The van der Waals surface area contributed by atoms with Gasteiger partial charge in [0.05, 0.1) is 12.3 Å². The van der Waals surface area contributed by atoms with Gasteiger partial charge >= 0.3 is 0 Å². The van der Waals surface area contributed by atoms with E-state index in [-0.39, 0.29) is 5.92 Å². The summed E-state index contributed by atoms with van der Waals surface area (Å²) in [5.41, 5.74) is 0. The second-order valence-corrected chi connectivity index (χ2v) is 3.82. The summed E-state index contributed by atoms with van der Waals surface area (Å²) in [6, 6.07) is 4.72. The maximum absolute atomic E-state index is 8.77. The lowest BCUT2D eigenvalue weighted by Gasteiger charge is -2.12. The zero-order valence-electron chi connectivity index (χ0n) is 8.27. The number of nitrogens with one attached hydrogen (secondary N) is 1. The number of aryl methyl sites for hydroxylation is 1. The predicted octanol–water partition coefficient (Wildman–Crippen LogP) is 1.52. The second-order valence-electron chi connectivity index (χ2n) is 3.82. The Morgan fingerprint density at radius 2 is 2.50 bits per heavy atom. The fourth-order valence-corrected chi connectivity index (χ4v) is 1.95. The first kappa shape index (κ1) is 9.07. The van der Waals surface area contributed by atoms with Crippen LogP contribution in [0.2, 0.25) is 0 Å². The molecule has 0 amide bonds. The first-order chi connectivity index (χ1) is 6.79. The van der Waals surface area contributed by atoms with Gasteiger partial charge in [0, 0.05) is 25.1 Å². The fraction of sp³-hybridized carbons (Fsp3) is 0.600. The van der Waals surface area contributed by atoms with Gasteiger partial charge in [-0.2, -0.15) is 10.4 Å². The van der Waals surface area contributed by atoms with Crippen molar-refractivity contribution in [2.45, 2.75) is 25.3 Å². The van der Waals surface area contributed by atoms with E-state index in [2.05, 4.69) is 16.5 Å². The Balaban J connectivity index is 1.94. The summed E-state index contributed by atoms with van der Waals surface area (Å²) >= 11 is 0. The molecule has 0 saturated heterocycles. The Kier molecular flexibility index (Phi) is 2.40. The molecule has 4 nitrogen and oxygen atoms in total. The first-order valence-electron chi connectivity index (χ1n) is 4.93. The molecule has 2 unspecified atom stereocenters. The quantitative estimate of drug-likeness (QED) is 0.769. The van der Waals surface area contributed by atoms with Crippen molar-refractivity contribution in [2.24, 2.45) is 13.0 Å². The Morgan fingerprint density at radius 1 is 1.64 bits per heavy atom. The van der Waals surface area contributed by atoms with E-state index < -0.39 is 0 Å². The molecule has 74 valence electrons. The van der Waals surface area contributed by atoms with Crippen molar-refractivity contribution in [3.8, 4) is 6.07 Å². The Morgan fingerprint density at radius 3 is 3.07 bits per heavy atom. The van der Waals surface area contributed by atoms with Gasteiger partial charge in [-0.15, -0.1) is 0 Å². The third-order valence-electron chi connectivity index (χ3n) is 2.79. The molecule has 1 heterocycles. The highest BCUT2D eigenvalue weighted by atomic mass is 15.3. The lowest BCUT2D eigenvalue weighted by molar-refractivity contribution is 0.674. The third kappa shape index (κ3) is 1.72. The number of hydrogen-bond donors (Lipinski definition) is 1. The minimum Gasteiger partial charge on any atom is -0.368 e. The molecule has 2 atom stereocenters. The molecule has 14 heavy (non-hydrogen) atoms. The molecule has 0 spiro atoms. The van der Waals surface area contributed by atoms with Crippen LogP contribution in [0.5, 0.6) is 0 Å². The summed E-state index contributed by atoms with van der Waals surface area (Å²) in [5, 5.41) is 16.3. The minimum atomic E-state index is 0.237. The van der Waals surface area contributed by atoms with Gasteiger partial charge in [-0.25, -0.2) is 0 Å². The minimum absolute atomic E-state index is 0.237. The molecule has 0 radical (unpaired) electrons. The molecule has 4 heteroatoms. The van der Waals surface area contributed by atoms with Crippen LogP contribution < -0.4 is 5.32 Å². The van der Waals surface area contributed by atoms with Gasteiger partial charge in [0.1, 0.15) is 5.82 Å². The van der Waals surface area contributed by atoms with Crippen molar-refractivity contribution in [3.63, 3.8) is 0 Å². The smallest absolute Gasteiger partial charge is 0.124 e. The molecule has 0 aromatic carbocycles. The number of aromatic nitrogens is 2. The van der Waals surface area contributed by atoms with E-state index in [1.165, 1.54) is 0 Å². The number of rotatable bonds is 2. The van der Waals surface area contributed by atoms with Gasteiger partial charge < -0.3 is 5.32 Å². The normalized spacial score (nSPS) is 26.0. The van der Waals surface area contributed by atoms with Crippen LogP contribution in [-0.2, 0) is 7.05 Å². The summed E-state index contributed by atoms with van der Waals surface area (Å²) in [6.07, 6.45) is 4.84. The molecule has 1 aromatic heterocycles. The fourth-order valence-electron chi connectivity index (χ4n) is 1.95. The van der Waals surface area contributed by atoms with Gasteiger partial charge in [0.25, 0.3) is 0 Å². The second kappa shape index (κ2) is 3.70. The summed E-state index contributed by atoms with van der Waals surface area (Å²) in [5.74, 6) is 1.27. The largest absolute Gasteiger partial charge is 0.368 e. The highest BCUT2D eigenvalue weighted by Gasteiger charge is 2.24. The van der Waals surface area contributed by atoms with Gasteiger partial charge in [-0.05, 0) is 19.3 Å². The van der Waals surface area contributed by atoms with Gasteiger partial charge in [-0.1, -0.05) is 0 Å². The molecule has 1 N–H and O–H groups in total. The predicted molar refractivity (Wildman–Crippen MR) is 53.6 cm³/mol. The van der Waals surface area contributed by atoms with E-state index in [1.54, 1.807) is 6.20 Å². The van der Waals surface area contributed by atoms with Crippen LogP contribution in [0.1, 0.15) is 19.3 Å². The van der Waals surface area contributed by atoms with Crippen LogP contribution >= 0.6 is 0 Å². The molecule has 1 saturated carbocycles. The average Bonchev–Trinajstić information content (AvgIpc) is 2.77. The van der Waals surface area contributed by atoms with Crippen molar-refractivity contribution < 1.29 is 0 Å². The lowest BCUT2D eigenvalue weighted by Crippen LogP contribution is -2.17. The van der Waals surface area contributed by atoms with Crippen LogP contribution in [0.4, 0.5) is 5.82 Å². The van der Waals surface area contributed by atoms with Crippen LogP contribution in [0, 0.1) is 17.2 Å². The van der Waals surface area contributed by atoms with Crippen LogP contribution in [0.3, 0.4) is 0 Å². The molecule has 2 rings (SSSR count). The van der Waals surface area contributed by atoms with Crippen LogP contribution in [-0.4, -0.2) is 15.8 Å². The van der Waals surface area contributed by atoms with Crippen molar-refractivity contribution >= 4 is 5.82 Å². The third-order valence-corrected chi connectivity index (χ3v) is 2.79. The summed E-state index contributed by atoms with van der Waals surface area (Å²) in [6.45, 7) is 0. The van der Waals surface area contributed by atoms with E-state index in [0.717, 1.165) is 25.1 Å². The highest BCUT2D eigenvalue weighted by molar-refractivity contribution is 5.35.